The summed E-state index contributed by atoms with van der Waals surface area (Å²) in [4.78, 5) is 2.03. The van der Waals surface area contributed by atoms with Crippen LogP contribution in [-0.2, 0) is 4.74 Å². The zero-order valence-corrected chi connectivity index (χ0v) is 9.61. The Hall–Kier alpha value is -1.80. The Morgan fingerprint density at radius 2 is 2.35 bits per heavy atom. The summed E-state index contributed by atoms with van der Waals surface area (Å²) < 4.78 is 18.6. The van der Waals surface area contributed by atoms with Crippen LogP contribution in [0, 0.1) is 17.1 Å². The molecular formula is C12H14FN3O. The second-order valence-electron chi connectivity index (χ2n) is 4.12. The zero-order chi connectivity index (χ0) is 12.4. The number of benzene rings is 1. The van der Waals surface area contributed by atoms with Crippen molar-refractivity contribution >= 4 is 11.4 Å². The lowest BCUT2D eigenvalue weighted by molar-refractivity contribution is 0.0989. The molecule has 1 aliphatic rings. The fourth-order valence-corrected chi connectivity index (χ4v) is 1.99. The van der Waals surface area contributed by atoms with E-state index in [1.165, 1.54) is 12.1 Å². The van der Waals surface area contributed by atoms with Crippen molar-refractivity contribution < 1.29 is 9.13 Å². The predicted octanol–water partition coefficient (Wildman–Crippen LogP) is 1.50. The summed E-state index contributed by atoms with van der Waals surface area (Å²) in [5.41, 5.74) is 6.61. The molecule has 4 nitrogen and oxygen atoms in total. The van der Waals surface area contributed by atoms with Crippen molar-refractivity contribution in [3.8, 4) is 6.07 Å². The largest absolute Gasteiger partial charge is 0.396 e. The maximum absolute atomic E-state index is 13.3. The molecule has 1 heterocycles. The van der Waals surface area contributed by atoms with E-state index in [0.717, 1.165) is 0 Å². The molecule has 0 aromatic heterocycles. The Kier molecular flexibility index (Phi) is 3.16. The normalized spacial score (nSPS) is 20.1. The van der Waals surface area contributed by atoms with Crippen LogP contribution in [0.4, 0.5) is 15.8 Å². The van der Waals surface area contributed by atoms with Crippen molar-refractivity contribution in [2.24, 2.45) is 0 Å². The third-order valence-corrected chi connectivity index (χ3v) is 2.91. The second kappa shape index (κ2) is 4.60. The number of nitrogens with two attached hydrogens (primary N) is 1. The van der Waals surface area contributed by atoms with Crippen LogP contribution in [0.1, 0.15) is 12.5 Å². The maximum Gasteiger partial charge on any atom is 0.147 e. The highest BCUT2D eigenvalue weighted by Crippen LogP contribution is 2.28. The van der Waals surface area contributed by atoms with Gasteiger partial charge in [0.2, 0.25) is 0 Å². The standard InChI is InChI=1S/C12H14FN3O/c1-8-7-17-3-2-16(8)12-5-11(15)10(13)4-9(12)6-14/h4-5,8H,2-3,7,15H2,1H3/t8-/m0/s1. The number of anilines is 2. The van der Waals surface area contributed by atoms with Crippen molar-refractivity contribution in [2.75, 3.05) is 30.4 Å². The van der Waals surface area contributed by atoms with Crippen molar-refractivity contribution in [3.63, 3.8) is 0 Å². The van der Waals surface area contributed by atoms with Gasteiger partial charge in [-0.3, -0.25) is 0 Å². The molecule has 2 N–H and O–H groups in total. The van der Waals surface area contributed by atoms with Crippen LogP contribution in [0.2, 0.25) is 0 Å². The second-order valence-corrected chi connectivity index (χ2v) is 4.12. The van der Waals surface area contributed by atoms with Crippen LogP contribution in [0.3, 0.4) is 0 Å². The molecule has 0 unspecified atom stereocenters. The van der Waals surface area contributed by atoms with Crippen molar-refractivity contribution in [1.29, 1.82) is 5.26 Å². The number of morpholine rings is 1. The average Bonchev–Trinajstić information content (AvgIpc) is 2.33. The number of rotatable bonds is 1. The van der Waals surface area contributed by atoms with Crippen molar-refractivity contribution in [1.82, 2.24) is 0 Å². The molecule has 0 amide bonds. The molecule has 17 heavy (non-hydrogen) atoms. The van der Waals surface area contributed by atoms with Gasteiger partial charge in [-0.1, -0.05) is 0 Å². The number of hydrogen-bond donors (Lipinski definition) is 1. The number of nitrogen functional groups attached to an aromatic ring is 1. The van der Waals surface area contributed by atoms with Crippen LogP contribution >= 0.6 is 0 Å². The smallest absolute Gasteiger partial charge is 0.147 e. The predicted molar refractivity (Wildman–Crippen MR) is 63.2 cm³/mol. The number of halogens is 1. The molecular weight excluding hydrogens is 221 g/mol. The van der Waals surface area contributed by atoms with E-state index >= 15 is 0 Å². The first-order valence-corrected chi connectivity index (χ1v) is 5.47. The van der Waals surface area contributed by atoms with Crippen LogP contribution in [0.25, 0.3) is 0 Å². The van der Waals surface area contributed by atoms with Gasteiger partial charge in [-0.05, 0) is 19.1 Å². The van der Waals surface area contributed by atoms with Crippen LogP contribution in [0.15, 0.2) is 12.1 Å². The fraction of sp³-hybridized carbons (Fsp3) is 0.417. The van der Waals surface area contributed by atoms with E-state index in [2.05, 4.69) is 0 Å². The average molecular weight is 235 g/mol. The molecule has 0 radical (unpaired) electrons. The van der Waals surface area contributed by atoms with E-state index in [4.69, 9.17) is 15.7 Å². The van der Waals surface area contributed by atoms with E-state index in [0.29, 0.717) is 31.0 Å². The van der Waals surface area contributed by atoms with Gasteiger partial charge in [-0.2, -0.15) is 5.26 Å². The zero-order valence-electron chi connectivity index (χ0n) is 9.61. The summed E-state index contributed by atoms with van der Waals surface area (Å²) in [6, 6.07) is 4.87. The molecule has 1 aliphatic heterocycles. The molecule has 0 saturated carbocycles. The van der Waals surface area contributed by atoms with Crippen LogP contribution in [0.5, 0.6) is 0 Å². The molecule has 1 saturated heterocycles. The van der Waals surface area contributed by atoms with Crippen LogP contribution < -0.4 is 10.6 Å². The van der Waals surface area contributed by atoms with Gasteiger partial charge in [0.05, 0.1) is 30.2 Å². The Bertz CT molecular complexity index is 470. The van der Waals surface area contributed by atoms with Crippen molar-refractivity contribution in [3.05, 3.63) is 23.5 Å². The lowest BCUT2D eigenvalue weighted by Crippen LogP contribution is -2.44. The number of ether oxygens (including phenoxy) is 1. The third kappa shape index (κ3) is 2.17. The first-order valence-electron chi connectivity index (χ1n) is 5.47. The van der Waals surface area contributed by atoms with Gasteiger partial charge in [-0.15, -0.1) is 0 Å². The molecule has 0 bridgehead atoms. The summed E-state index contributed by atoms with van der Waals surface area (Å²) in [5, 5.41) is 9.04. The van der Waals surface area contributed by atoms with Crippen molar-refractivity contribution in [2.45, 2.75) is 13.0 Å². The Labute approximate surface area is 99.4 Å². The van der Waals surface area contributed by atoms with Gasteiger partial charge >= 0.3 is 0 Å². The molecule has 1 atom stereocenters. The summed E-state index contributed by atoms with van der Waals surface area (Å²) in [5.74, 6) is -0.550. The summed E-state index contributed by atoms with van der Waals surface area (Å²) in [7, 11) is 0. The Balaban J connectivity index is 2.43. The summed E-state index contributed by atoms with van der Waals surface area (Å²) in [6.45, 7) is 3.88. The van der Waals surface area contributed by atoms with Gasteiger partial charge in [0.15, 0.2) is 0 Å². The SMILES string of the molecule is C[C@H]1COCCN1c1cc(N)c(F)cc1C#N. The van der Waals surface area contributed by atoms with E-state index in [-0.39, 0.29) is 11.7 Å². The van der Waals surface area contributed by atoms with E-state index in [1.807, 2.05) is 17.9 Å². The molecule has 0 aliphatic carbocycles. The molecule has 1 aromatic carbocycles. The Morgan fingerprint density at radius 3 is 3.00 bits per heavy atom. The third-order valence-electron chi connectivity index (χ3n) is 2.91. The molecule has 1 aromatic rings. The topological polar surface area (TPSA) is 62.3 Å². The van der Waals surface area contributed by atoms with Gasteiger partial charge in [-0.25, -0.2) is 4.39 Å². The minimum absolute atomic E-state index is 0.0673. The first-order chi connectivity index (χ1) is 8.13. The lowest BCUT2D eigenvalue weighted by atomic mass is 10.1. The highest BCUT2D eigenvalue weighted by molar-refractivity contribution is 5.66. The number of nitriles is 1. The number of hydrogen-bond acceptors (Lipinski definition) is 4. The van der Waals surface area contributed by atoms with Gasteiger partial charge in [0.25, 0.3) is 0 Å². The highest BCUT2D eigenvalue weighted by atomic mass is 19.1. The quantitative estimate of drug-likeness (QED) is 0.749. The lowest BCUT2D eigenvalue weighted by Gasteiger charge is -2.35. The maximum atomic E-state index is 13.3. The number of nitrogens with zero attached hydrogens (tertiary/aromatic N) is 2. The summed E-state index contributed by atoms with van der Waals surface area (Å²) in [6.07, 6.45) is 0. The van der Waals surface area contributed by atoms with Crippen LogP contribution in [-0.4, -0.2) is 25.8 Å². The molecule has 0 spiro atoms. The molecule has 2 rings (SSSR count). The molecule has 1 fully saturated rings. The van der Waals surface area contributed by atoms with E-state index in [9.17, 15) is 4.39 Å². The van der Waals surface area contributed by atoms with Gasteiger partial charge in [0.1, 0.15) is 11.9 Å². The monoisotopic (exact) mass is 235 g/mol. The van der Waals surface area contributed by atoms with E-state index in [1.54, 1.807) is 0 Å². The Morgan fingerprint density at radius 1 is 1.59 bits per heavy atom. The minimum atomic E-state index is -0.550. The van der Waals surface area contributed by atoms with E-state index < -0.39 is 5.82 Å². The highest BCUT2D eigenvalue weighted by Gasteiger charge is 2.22. The molecule has 5 heteroatoms. The molecule has 90 valence electrons. The fourth-order valence-electron chi connectivity index (χ4n) is 1.99. The van der Waals surface area contributed by atoms with Gasteiger partial charge in [0, 0.05) is 12.6 Å². The first kappa shape index (κ1) is 11.7. The van der Waals surface area contributed by atoms with Gasteiger partial charge < -0.3 is 15.4 Å². The minimum Gasteiger partial charge on any atom is -0.396 e. The summed E-state index contributed by atoms with van der Waals surface area (Å²) >= 11 is 0.